The number of aryl methyl sites for hydroxylation is 1. The molecule has 0 amide bonds. The Hall–Kier alpha value is -1.59. The van der Waals surface area contributed by atoms with Gasteiger partial charge in [-0.2, -0.15) is 0 Å². The molecule has 0 aliphatic heterocycles. The first-order valence-electron chi connectivity index (χ1n) is 6.18. The van der Waals surface area contributed by atoms with Crippen LogP contribution in [0.15, 0.2) is 18.2 Å². The topological polar surface area (TPSA) is 65.0 Å². The van der Waals surface area contributed by atoms with Gasteiger partial charge < -0.3 is 19.3 Å². The van der Waals surface area contributed by atoms with E-state index in [2.05, 4.69) is 0 Å². The normalized spacial score (nSPS) is 10.4. The van der Waals surface area contributed by atoms with Crippen LogP contribution in [0.1, 0.15) is 22.3 Å². The van der Waals surface area contributed by atoms with Gasteiger partial charge in [0.25, 0.3) is 0 Å². The highest BCUT2D eigenvalue weighted by Gasteiger charge is 2.11. The van der Waals surface area contributed by atoms with Crippen LogP contribution in [-0.2, 0) is 9.47 Å². The summed E-state index contributed by atoms with van der Waals surface area (Å²) in [6.45, 7) is 3.88. The summed E-state index contributed by atoms with van der Waals surface area (Å²) in [4.78, 5) is 11.1. The van der Waals surface area contributed by atoms with Crippen molar-refractivity contribution in [2.75, 3.05) is 33.5 Å². The third-order valence-electron chi connectivity index (χ3n) is 2.49. The summed E-state index contributed by atoms with van der Waals surface area (Å²) >= 11 is 0. The van der Waals surface area contributed by atoms with Crippen LogP contribution in [-0.4, -0.2) is 44.6 Å². The minimum absolute atomic E-state index is 0.180. The molecule has 0 saturated carbocycles. The van der Waals surface area contributed by atoms with Crippen LogP contribution in [0.3, 0.4) is 0 Å². The van der Waals surface area contributed by atoms with E-state index in [1.807, 2.05) is 13.0 Å². The monoisotopic (exact) mass is 268 g/mol. The third-order valence-corrected chi connectivity index (χ3v) is 2.49. The molecule has 0 bridgehead atoms. The van der Waals surface area contributed by atoms with E-state index in [1.54, 1.807) is 19.2 Å². The van der Waals surface area contributed by atoms with Crippen molar-refractivity contribution in [3.63, 3.8) is 0 Å². The van der Waals surface area contributed by atoms with E-state index < -0.39 is 5.97 Å². The molecule has 1 rings (SSSR count). The molecule has 5 heteroatoms. The molecule has 0 radical (unpaired) electrons. The van der Waals surface area contributed by atoms with Crippen molar-refractivity contribution in [1.82, 2.24) is 0 Å². The van der Waals surface area contributed by atoms with Crippen LogP contribution in [0, 0.1) is 6.92 Å². The minimum Gasteiger partial charge on any atom is -0.490 e. The second kappa shape index (κ2) is 8.50. The van der Waals surface area contributed by atoms with Crippen LogP contribution in [0.5, 0.6) is 5.75 Å². The Balaban J connectivity index is 2.35. The molecule has 5 nitrogen and oxygen atoms in total. The lowest BCUT2D eigenvalue weighted by Gasteiger charge is -2.10. The average Bonchev–Trinajstić information content (AvgIpc) is 2.39. The van der Waals surface area contributed by atoms with E-state index in [-0.39, 0.29) is 5.56 Å². The quantitative estimate of drug-likeness (QED) is 0.695. The zero-order chi connectivity index (χ0) is 14.1. The maximum atomic E-state index is 11.1. The molecule has 0 aliphatic carbocycles. The number of carbonyl (C=O) groups is 1. The number of benzene rings is 1. The standard InChI is InChI=1S/C14H20O5/c1-11-4-5-13(12(10-11)14(15)16)19-9-8-18-7-3-6-17-2/h4-5,10H,3,6-9H2,1-2H3,(H,15,16). The Labute approximate surface area is 113 Å². The fraction of sp³-hybridized carbons (Fsp3) is 0.500. The lowest BCUT2D eigenvalue weighted by Crippen LogP contribution is -2.10. The lowest BCUT2D eigenvalue weighted by atomic mass is 10.1. The molecule has 0 aromatic heterocycles. The molecule has 1 aromatic carbocycles. The Morgan fingerprint density at radius 1 is 1.21 bits per heavy atom. The van der Waals surface area contributed by atoms with Crippen molar-refractivity contribution in [3.05, 3.63) is 29.3 Å². The van der Waals surface area contributed by atoms with Gasteiger partial charge in [0.2, 0.25) is 0 Å². The Morgan fingerprint density at radius 3 is 2.68 bits per heavy atom. The second-order valence-corrected chi connectivity index (χ2v) is 4.11. The fourth-order valence-electron chi connectivity index (χ4n) is 1.55. The summed E-state index contributed by atoms with van der Waals surface area (Å²) in [5.74, 6) is -0.613. The van der Waals surface area contributed by atoms with E-state index in [4.69, 9.17) is 19.3 Å². The summed E-state index contributed by atoms with van der Waals surface area (Å²) in [6.07, 6.45) is 0.835. The van der Waals surface area contributed by atoms with Crippen LogP contribution in [0.25, 0.3) is 0 Å². The van der Waals surface area contributed by atoms with E-state index in [9.17, 15) is 4.79 Å². The maximum Gasteiger partial charge on any atom is 0.339 e. The van der Waals surface area contributed by atoms with Crippen molar-refractivity contribution in [2.45, 2.75) is 13.3 Å². The van der Waals surface area contributed by atoms with Crippen LogP contribution < -0.4 is 4.74 Å². The number of methoxy groups -OCH3 is 1. The van der Waals surface area contributed by atoms with E-state index in [0.29, 0.717) is 32.2 Å². The largest absolute Gasteiger partial charge is 0.490 e. The third kappa shape index (κ3) is 5.72. The highest BCUT2D eigenvalue weighted by atomic mass is 16.5. The summed E-state index contributed by atoms with van der Waals surface area (Å²) in [7, 11) is 1.65. The first-order valence-corrected chi connectivity index (χ1v) is 6.18. The smallest absolute Gasteiger partial charge is 0.339 e. The van der Waals surface area contributed by atoms with E-state index in [1.165, 1.54) is 0 Å². The van der Waals surface area contributed by atoms with Gasteiger partial charge in [0.1, 0.15) is 17.9 Å². The van der Waals surface area contributed by atoms with Crippen molar-refractivity contribution in [2.24, 2.45) is 0 Å². The molecule has 19 heavy (non-hydrogen) atoms. The highest BCUT2D eigenvalue weighted by molar-refractivity contribution is 5.91. The van der Waals surface area contributed by atoms with Crippen LogP contribution in [0.4, 0.5) is 0 Å². The molecule has 0 atom stereocenters. The summed E-state index contributed by atoms with van der Waals surface area (Å²) in [5, 5.41) is 9.06. The Morgan fingerprint density at radius 2 is 2.00 bits per heavy atom. The Bertz CT molecular complexity index is 403. The SMILES string of the molecule is COCCCOCCOc1ccc(C)cc1C(=O)O. The molecule has 1 N–H and O–H groups in total. The molecular formula is C14H20O5. The number of carboxylic acids is 1. The summed E-state index contributed by atoms with van der Waals surface area (Å²) in [6, 6.07) is 5.09. The molecule has 1 aromatic rings. The average molecular weight is 268 g/mol. The first kappa shape index (κ1) is 15.5. The van der Waals surface area contributed by atoms with Gasteiger partial charge >= 0.3 is 5.97 Å². The summed E-state index contributed by atoms with van der Waals surface area (Å²) in [5.41, 5.74) is 1.07. The zero-order valence-electron chi connectivity index (χ0n) is 11.3. The Kier molecular flexibility index (Phi) is 6.92. The molecule has 0 saturated heterocycles. The van der Waals surface area contributed by atoms with Crippen molar-refractivity contribution >= 4 is 5.97 Å². The number of aromatic carboxylic acids is 1. The molecule has 0 fully saturated rings. The van der Waals surface area contributed by atoms with Gasteiger partial charge in [0, 0.05) is 20.3 Å². The van der Waals surface area contributed by atoms with E-state index in [0.717, 1.165) is 12.0 Å². The molecule has 0 unspecified atom stereocenters. The van der Waals surface area contributed by atoms with Crippen LogP contribution in [0.2, 0.25) is 0 Å². The molecule has 0 aliphatic rings. The molecule has 106 valence electrons. The molecule has 0 heterocycles. The maximum absolute atomic E-state index is 11.1. The van der Waals surface area contributed by atoms with Crippen LogP contribution >= 0.6 is 0 Å². The molecule has 0 spiro atoms. The number of ether oxygens (including phenoxy) is 3. The van der Waals surface area contributed by atoms with Gasteiger partial charge in [-0.25, -0.2) is 4.79 Å². The lowest BCUT2D eigenvalue weighted by molar-refractivity contribution is 0.0677. The molecular weight excluding hydrogens is 248 g/mol. The van der Waals surface area contributed by atoms with Gasteiger partial charge in [-0.1, -0.05) is 11.6 Å². The van der Waals surface area contributed by atoms with Crippen molar-refractivity contribution < 1.29 is 24.1 Å². The van der Waals surface area contributed by atoms with Gasteiger partial charge in [0.15, 0.2) is 0 Å². The second-order valence-electron chi connectivity index (χ2n) is 4.11. The number of hydrogen-bond acceptors (Lipinski definition) is 4. The number of hydrogen-bond donors (Lipinski definition) is 1. The number of rotatable bonds is 9. The van der Waals surface area contributed by atoms with Crippen molar-refractivity contribution in [3.8, 4) is 5.75 Å². The van der Waals surface area contributed by atoms with Gasteiger partial charge in [-0.3, -0.25) is 0 Å². The zero-order valence-corrected chi connectivity index (χ0v) is 11.3. The van der Waals surface area contributed by atoms with Gasteiger partial charge in [-0.05, 0) is 25.5 Å². The van der Waals surface area contributed by atoms with E-state index >= 15 is 0 Å². The van der Waals surface area contributed by atoms with Gasteiger partial charge in [-0.15, -0.1) is 0 Å². The minimum atomic E-state index is -0.986. The highest BCUT2D eigenvalue weighted by Crippen LogP contribution is 2.19. The fourth-order valence-corrected chi connectivity index (χ4v) is 1.55. The van der Waals surface area contributed by atoms with Gasteiger partial charge in [0.05, 0.1) is 6.61 Å². The number of carboxylic acid groups (broad SMARTS) is 1. The first-order chi connectivity index (χ1) is 9.15. The predicted molar refractivity (Wildman–Crippen MR) is 70.9 cm³/mol. The predicted octanol–water partition coefficient (Wildman–Crippen LogP) is 2.13. The van der Waals surface area contributed by atoms with Crippen molar-refractivity contribution in [1.29, 1.82) is 0 Å². The summed E-state index contributed by atoms with van der Waals surface area (Å²) < 4.78 is 15.6.